The lowest BCUT2D eigenvalue weighted by Crippen LogP contribution is -2.49. The fourth-order valence-corrected chi connectivity index (χ4v) is 5.42. The maximum Gasteiger partial charge on any atom is 0.260 e. The second-order valence-corrected chi connectivity index (χ2v) is 10.1. The number of carbonyl (C=O) groups is 2. The Morgan fingerprint density at radius 1 is 1.25 bits per heavy atom. The zero-order valence-electron chi connectivity index (χ0n) is 22.6. The molecule has 5 heterocycles. The van der Waals surface area contributed by atoms with Crippen molar-refractivity contribution in [2.75, 3.05) is 57.1 Å². The molecule has 3 aromatic heterocycles. The van der Waals surface area contributed by atoms with Crippen molar-refractivity contribution < 1.29 is 19.4 Å². The summed E-state index contributed by atoms with van der Waals surface area (Å²) in [5.74, 6) is 0.485. The SMILES string of the molecule is COc1c(C)cnc(CN2C(=O)/C(=C\c3cc(C(=O)N4CCN(CCO)CC4)c[nH]3)c3c(Cl)nc(N)nc32)c1C. The highest BCUT2D eigenvalue weighted by Gasteiger charge is 2.37. The van der Waals surface area contributed by atoms with Gasteiger partial charge in [-0.05, 0) is 26.0 Å². The van der Waals surface area contributed by atoms with Gasteiger partial charge in [-0.1, -0.05) is 11.6 Å². The predicted octanol–water partition coefficient (Wildman–Crippen LogP) is 1.90. The molecule has 1 saturated heterocycles. The number of H-pyrrole nitrogens is 1. The van der Waals surface area contributed by atoms with E-state index >= 15 is 0 Å². The third-order valence-corrected chi connectivity index (χ3v) is 7.52. The molecular weight excluding hydrogens is 536 g/mol. The maximum absolute atomic E-state index is 13.8. The number of anilines is 2. The van der Waals surface area contributed by atoms with Crippen LogP contribution in [0.25, 0.3) is 11.6 Å². The van der Waals surface area contributed by atoms with Gasteiger partial charge in [-0.25, -0.2) is 4.98 Å². The molecule has 0 aliphatic carbocycles. The Kier molecular flexibility index (Phi) is 7.74. The number of nitrogens with one attached hydrogen (secondary N) is 1. The Labute approximate surface area is 236 Å². The van der Waals surface area contributed by atoms with Crippen LogP contribution in [-0.2, 0) is 11.3 Å². The van der Waals surface area contributed by atoms with Gasteiger partial charge in [-0.3, -0.25) is 24.4 Å². The van der Waals surface area contributed by atoms with Crippen molar-refractivity contribution in [2.24, 2.45) is 0 Å². The summed E-state index contributed by atoms with van der Waals surface area (Å²) in [6.07, 6.45) is 4.96. The predicted molar refractivity (Wildman–Crippen MR) is 151 cm³/mol. The van der Waals surface area contributed by atoms with Gasteiger partial charge in [0.15, 0.2) is 5.82 Å². The van der Waals surface area contributed by atoms with Crippen molar-refractivity contribution >= 4 is 46.8 Å². The van der Waals surface area contributed by atoms with Crippen molar-refractivity contribution in [3.63, 3.8) is 0 Å². The minimum atomic E-state index is -0.347. The maximum atomic E-state index is 13.8. The number of aryl methyl sites for hydroxylation is 1. The van der Waals surface area contributed by atoms with Gasteiger partial charge < -0.3 is 25.5 Å². The van der Waals surface area contributed by atoms with Gasteiger partial charge in [0.25, 0.3) is 11.8 Å². The second kappa shape index (κ2) is 11.2. The van der Waals surface area contributed by atoms with Crippen LogP contribution in [-0.4, -0.2) is 93.1 Å². The molecule has 0 aromatic carbocycles. The van der Waals surface area contributed by atoms with Crippen LogP contribution in [0.15, 0.2) is 18.5 Å². The van der Waals surface area contributed by atoms with Gasteiger partial charge in [-0.2, -0.15) is 4.98 Å². The third-order valence-electron chi connectivity index (χ3n) is 7.25. The molecule has 3 aromatic rings. The number of nitrogen functional groups attached to an aromatic ring is 1. The van der Waals surface area contributed by atoms with Crippen molar-refractivity contribution in [2.45, 2.75) is 20.4 Å². The van der Waals surface area contributed by atoms with Gasteiger partial charge in [-0.15, -0.1) is 0 Å². The molecule has 12 nitrogen and oxygen atoms in total. The van der Waals surface area contributed by atoms with E-state index in [0.29, 0.717) is 61.0 Å². The molecule has 1 fully saturated rings. The van der Waals surface area contributed by atoms with Gasteiger partial charge in [0.05, 0.1) is 42.7 Å². The van der Waals surface area contributed by atoms with Crippen LogP contribution in [0.5, 0.6) is 5.75 Å². The number of aromatic nitrogens is 4. The van der Waals surface area contributed by atoms with Crippen LogP contribution in [0.3, 0.4) is 0 Å². The first kappa shape index (κ1) is 27.6. The number of aliphatic hydroxyl groups excluding tert-OH is 1. The van der Waals surface area contributed by atoms with Crippen LogP contribution in [0.4, 0.5) is 11.8 Å². The van der Waals surface area contributed by atoms with Gasteiger partial charge >= 0.3 is 0 Å². The number of nitrogens with two attached hydrogens (primary N) is 1. The number of hydrogen-bond acceptors (Lipinski definition) is 9. The van der Waals surface area contributed by atoms with Crippen LogP contribution < -0.4 is 15.4 Å². The summed E-state index contributed by atoms with van der Waals surface area (Å²) in [6.45, 7) is 7.17. The number of fused-ring (bicyclic) bond motifs is 1. The summed E-state index contributed by atoms with van der Waals surface area (Å²) < 4.78 is 5.53. The van der Waals surface area contributed by atoms with E-state index in [1.54, 1.807) is 36.5 Å². The smallest absolute Gasteiger partial charge is 0.260 e. The number of piperazine rings is 1. The van der Waals surface area contributed by atoms with Gasteiger partial charge in [0.1, 0.15) is 10.9 Å². The molecule has 0 atom stereocenters. The lowest BCUT2D eigenvalue weighted by Gasteiger charge is -2.34. The van der Waals surface area contributed by atoms with Crippen LogP contribution in [0, 0.1) is 13.8 Å². The second-order valence-electron chi connectivity index (χ2n) is 9.77. The van der Waals surface area contributed by atoms with E-state index in [9.17, 15) is 9.59 Å². The number of ether oxygens (including phenoxy) is 1. The highest BCUT2D eigenvalue weighted by atomic mass is 35.5. The normalized spacial score (nSPS) is 16.6. The molecule has 0 saturated carbocycles. The summed E-state index contributed by atoms with van der Waals surface area (Å²) >= 11 is 6.48. The van der Waals surface area contributed by atoms with Crippen LogP contribution >= 0.6 is 11.6 Å². The Bertz CT molecular complexity index is 1500. The Morgan fingerprint density at radius 3 is 2.70 bits per heavy atom. The lowest BCUT2D eigenvalue weighted by molar-refractivity contribution is -0.113. The monoisotopic (exact) mass is 566 g/mol. The van der Waals surface area contributed by atoms with E-state index in [1.807, 2.05) is 13.8 Å². The largest absolute Gasteiger partial charge is 0.496 e. The number of amides is 2. The Morgan fingerprint density at radius 2 is 2.00 bits per heavy atom. The molecule has 2 aliphatic rings. The van der Waals surface area contributed by atoms with Crippen LogP contribution in [0.1, 0.15) is 38.4 Å². The fourth-order valence-electron chi connectivity index (χ4n) is 5.15. The number of rotatable bonds is 7. The third kappa shape index (κ3) is 5.12. The summed E-state index contributed by atoms with van der Waals surface area (Å²) in [4.78, 5) is 48.2. The first-order chi connectivity index (χ1) is 19.2. The number of aromatic amines is 1. The number of halogens is 1. The van der Waals surface area contributed by atoms with Crippen molar-refractivity contribution in [3.05, 3.63) is 57.3 Å². The summed E-state index contributed by atoms with van der Waals surface area (Å²) in [7, 11) is 1.59. The average Bonchev–Trinajstić information content (AvgIpc) is 3.49. The minimum Gasteiger partial charge on any atom is -0.496 e. The average molecular weight is 567 g/mol. The number of methoxy groups -OCH3 is 1. The zero-order chi connectivity index (χ0) is 28.6. The van der Waals surface area contributed by atoms with Crippen molar-refractivity contribution in [1.82, 2.24) is 29.7 Å². The standard InChI is InChI=1S/C27H31ClN8O4/c1-15-12-31-20(16(2)22(15)40-3)14-36-24-21(23(28)32-27(29)33-24)19(26(36)39)11-18-10-17(13-30-18)25(38)35-6-4-34(5-7-35)8-9-37/h10-13,30,37H,4-9,14H2,1-3H3,(H2,29,32,33)/b19-11-. The summed E-state index contributed by atoms with van der Waals surface area (Å²) in [5.41, 5.74) is 9.91. The molecule has 5 rings (SSSR count). The number of pyridine rings is 1. The molecule has 2 amide bonds. The molecule has 2 aliphatic heterocycles. The molecule has 210 valence electrons. The Hall–Kier alpha value is -4.00. The number of hydrogen-bond donors (Lipinski definition) is 3. The number of carbonyl (C=O) groups excluding carboxylic acids is 2. The highest BCUT2D eigenvalue weighted by molar-refractivity contribution is 6.41. The Balaban J connectivity index is 1.43. The molecule has 0 bridgehead atoms. The van der Waals surface area contributed by atoms with E-state index in [-0.39, 0.29) is 47.5 Å². The molecule has 40 heavy (non-hydrogen) atoms. The van der Waals surface area contributed by atoms with E-state index in [4.69, 9.17) is 27.2 Å². The number of β-amino-alcohol motifs (C(OH)–C–C–N with tert-alkyl or cyclic N) is 1. The lowest BCUT2D eigenvalue weighted by atomic mass is 10.1. The molecule has 0 unspecified atom stereocenters. The van der Waals surface area contributed by atoms with Gasteiger partial charge in [0, 0.05) is 61.9 Å². The molecule has 0 radical (unpaired) electrons. The summed E-state index contributed by atoms with van der Waals surface area (Å²) in [5, 5.41) is 9.20. The van der Waals surface area contributed by atoms with Crippen molar-refractivity contribution in [3.8, 4) is 5.75 Å². The van der Waals surface area contributed by atoms with E-state index in [1.165, 1.54) is 4.90 Å². The summed E-state index contributed by atoms with van der Waals surface area (Å²) in [6, 6.07) is 1.70. The number of aliphatic hydroxyl groups is 1. The van der Waals surface area contributed by atoms with E-state index < -0.39 is 0 Å². The highest BCUT2D eigenvalue weighted by Crippen LogP contribution is 2.41. The van der Waals surface area contributed by atoms with E-state index in [0.717, 1.165) is 11.1 Å². The quantitative estimate of drug-likeness (QED) is 0.287. The number of nitrogens with zero attached hydrogens (tertiary/aromatic N) is 6. The first-order valence-electron chi connectivity index (χ1n) is 12.9. The minimum absolute atomic E-state index is 0.0548. The topological polar surface area (TPSA) is 154 Å². The van der Waals surface area contributed by atoms with Crippen molar-refractivity contribution in [1.29, 1.82) is 0 Å². The van der Waals surface area contributed by atoms with E-state index in [2.05, 4.69) is 24.8 Å². The molecule has 13 heteroatoms. The van der Waals surface area contributed by atoms with Gasteiger partial charge in [0.2, 0.25) is 5.95 Å². The molecule has 0 spiro atoms. The fraction of sp³-hybridized carbons (Fsp3) is 0.370. The first-order valence-corrected chi connectivity index (χ1v) is 13.3. The molecule has 4 N–H and O–H groups in total. The molecular formula is C27H31ClN8O4. The zero-order valence-corrected chi connectivity index (χ0v) is 23.3. The van der Waals surface area contributed by atoms with Crippen LogP contribution in [0.2, 0.25) is 5.15 Å².